The maximum absolute atomic E-state index is 13.1. The Morgan fingerprint density at radius 3 is 2.29 bits per heavy atom. The standard InChI is InChI=1S/C22H32FN3O2/c1-3-16(2)24-21(27)20(17-6-4-5-7-17)25-12-14-26(15-13-25)22(28)18-8-10-19(23)11-9-18/h8-11,16-17,20H,3-7,12-15H2,1-2H3,(H,24,27)/t16-,20-/m0/s1. The molecule has 2 amide bonds. The van der Waals surface area contributed by atoms with Gasteiger partial charge < -0.3 is 10.2 Å². The van der Waals surface area contributed by atoms with Gasteiger partial charge in [0, 0.05) is 37.8 Å². The van der Waals surface area contributed by atoms with Crippen molar-refractivity contribution in [3.63, 3.8) is 0 Å². The van der Waals surface area contributed by atoms with Crippen molar-refractivity contribution in [2.75, 3.05) is 26.2 Å². The Kier molecular flexibility index (Phi) is 7.05. The predicted molar refractivity (Wildman–Crippen MR) is 108 cm³/mol. The van der Waals surface area contributed by atoms with E-state index < -0.39 is 0 Å². The molecule has 0 radical (unpaired) electrons. The molecule has 28 heavy (non-hydrogen) atoms. The number of hydrogen-bond donors (Lipinski definition) is 1. The zero-order valence-corrected chi connectivity index (χ0v) is 17.0. The molecule has 154 valence electrons. The van der Waals surface area contributed by atoms with Crippen molar-refractivity contribution < 1.29 is 14.0 Å². The molecule has 5 nitrogen and oxygen atoms in total. The third-order valence-electron chi connectivity index (χ3n) is 6.20. The van der Waals surface area contributed by atoms with Gasteiger partial charge in [-0.15, -0.1) is 0 Å². The van der Waals surface area contributed by atoms with Gasteiger partial charge in [0.05, 0.1) is 6.04 Å². The van der Waals surface area contributed by atoms with E-state index in [1.807, 2.05) is 11.8 Å². The first-order valence-corrected chi connectivity index (χ1v) is 10.6. The van der Waals surface area contributed by atoms with Crippen molar-refractivity contribution in [3.05, 3.63) is 35.6 Å². The number of rotatable bonds is 6. The fourth-order valence-corrected chi connectivity index (χ4v) is 4.36. The highest BCUT2D eigenvalue weighted by atomic mass is 19.1. The minimum Gasteiger partial charge on any atom is -0.352 e. The van der Waals surface area contributed by atoms with Gasteiger partial charge in [-0.2, -0.15) is 0 Å². The van der Waals surface area contributed by atoms with Gasteiger partial charge in [-0.1, -0.05) is 19.8 Å². The molecule has 2 fully saturated rings. The van der Waals surface area contributed by atoms with Crippen LogP contribution in [0.25, 0.3) is 0 Å². The Hall–Kier alpha value is -1.95. The van der Waals surface area contributed by atoms with Crippen LogP contribution >= 0.6 is 0 Å². The molecule has 2 aliphatic rings. The second kappa shape index (κ2) is 9.50. The van der Waals surface area contributed by atoms with Gasteiger partial charge in [0.25, 0.3) is 5.91 Å². The highest BCUT2D eigenvalue weighted by Crippen LogP contribution is 2.31. The van der Waals surface area contributed by atoms with Crippen molar-refractivity contribution in [2.24, 2.45) is 5.92 Å². The van der Waals surface area contributed by atoms with Gasteiger partial charge in [-0.3, -0.25) is 14.5 Å². The SMILES string of the molecule is CC[C@H](C)NC(=O)[C@H](C1CCCC1)N1CCN(C(=O)c2ccc(F)cc2)CC1. The molecule has 1 saturated heterocycles. The van der Waals surface area contributed by atoms with Crippen LogP contribution in [0.3, 0.4) is 0 Å². The van der Waals surface area contributed by atoms with Gasteiger partial charge in [0.2, 0.25) is 5.91 Å². The molecule has 0 aromatic heterocycles. The van der Waals surface area contributed by atoms with Crippen LogP contribution in [0, 0.1) is 11.7 Å². The molecular weight excluding hydrogens is 357 g/mol. The van der Waals surface area contributed by atoms with Crippen LogP contribution in [-0.2, 0) is 4.79 Å². The summed E-state index contributed by atoms with van der Waals surface area (Å²) >= 11 is 0. The molecule has 1 saturated carbocycles. The number of hydrogen-bond acceptors (Lipinski definition) is 3. The zero-order chi connectivity index (χ0) is 20.1. The molecule has 6 heteroatoms. The van der Waals surface area contributed by atoms with E-state index in [9.17, 15) is 14.0 Å². The van der Waals surface area contributed by atoms with E-state index >= 15 is 0 Å². The molecule has 1 N–H and O–H groups in total. The molecule has 3 rings (SSSR count). The van der Waals surface area contributed by atoms with E-state index in [0.29, 0.717) is 37.7 Å². The number of carbonyl (C=O) groups is 2. The average molecular weight is 390 g/mol. The summed E-state index contributed by atoms with van der Waals surface area (Å²) in [6.45, 7) is 6.70. The fourth-order valence-electron chi connectivity index (χ4n) is 4.36. The molecule has 0 bridgehead atoms. The molecule has 1 aliphatic heterocycles. The van der Waals surface area contributed by atoms with Crippen molar-refractivity contribution >= 4 is 11.8 Å². The fraction of sp³-hybridized carbons (Fsp3) is 0.636. The molecule has 0 spiro atoms. The Balaban J connectivity index is 1.63. The number of nitrogens with one attached hydrogen (secondary N) is 1. The predicted octanol–water partition coefficient (Wildman–Crippen LogP) is 3.06. The lowest BCUT2D eigenvalue weighted by molar-refractivity contribution is -0.129. The van der Waals surface area contributed by atoms with E-state index in [-0.39, 0.29) is 29.7 Å². The minimum atomic E-state index is -0.340. The maximum Gasteiger partial charge on any atom is 0.253 e. The highest BCUT2D eigenvalue weighted by molar-refractivity contribution is 5.94. The van der Waals surface area contributed by atoms with Crippen molar-refractivity contribution in [2.45, 2.75) is 58.0 Å². The molecule has 1 aromatic rings. The molecule has 2 atom stereocenters. The van der Waals surface area contributed by atoms with Crippen LogP contribution in [-0.4, -0.2) is 59.9 Å². The third-order valence-corrected chi connectivity index (χ3v) is 6.20. The summed E-state index contributed by atoms with van der Waals surface area (Å²) in [5, 5.41) is 3.17. The second-order valence-electron chi connectivity index (χ2n) is 8.14. The van der Waals surface area contributed by atoms with Gasteiger partial charge in [-0.05, 0) is 56.4 Å². The van der Waals surface area contributed by atoms with E-state index in [1.165, 1.54) is 37.1 Å². The van der Waals surface area contributed by atoms with E-state index in [1.54, 1.807) is 0 Å². The molecular formula is C22H32FN3O2. The topological polar surface area (TPSA) is 52.7 Å². The first-order chi connectivity index (χ1) is 13.5. The maximum atomic E-state index is 13.1. The Labute approximate surface area is 167 Å². The van der Waals surface area contributed by atoms with Gasteiger partial charge in [-0.25, -0.2) is 4.39 Å². The molecule has 1 aromatic carbocycles. The lowest BCUT2D eigenvalue weighted by Crippen LogP contribution is -2.58. The average Bonchev–Trinajstić information content (AvgIpc) is 3.23. The number of carbonyl (C=O) groups excluding carboxylic acids is 2. The van der Waals surface area contributed by atoms with Gasteiger partial charge >= 0.3 is 0 Å². The first kappa shape index (κ1) is 20.8. The summed E-state index contributed by atoms with van der Waals surface area (Å²) in [6, 6.07) is 5.78. The summed E-state index contributed by atoms with van der Waals surface area (Å²) in [6.07, 6.45) is 5.52. The summed E-state index contributed by atoms with van der Waals surface area (Å²) < 4.78 is 13.1. The Morgan fingerprint density at radius 2 is 1.71 bits per heavy atom. The Bertz CT molecular complexity index is 665. The van der Waals surface area contributed by atoms with Crippen LogP contribution in [0.2, 0.25) is 0 Å². The van der Waals surface area contributed by atoms with Crippen LogP contribution < -0.4 is 5.32 Å². The normalized spacial score (nSPS) is 20.8. The van der Waals surface area contributed by atoms with Gasteiger partial charge in [0.15, 0.2) is 0 Å². The minimum absolute atomic E-state index is 0.0684. The lowest BCUT2D eigenvalue weighted by atomic mass is 9.94. The van der Waals surface area contributed by atoms with E-state index in [4.69, 9.17) is 0 Å². The van der Waals surface area contributed by atoms with Crippen LogP contribution in [0.4, 0.5) is 4.39 Å². The largest absolute Gasteiger partial charge is 0.352 e. The lowest BCUT2D eigenvalue weighted by Gasteiger charge is -2.41. The zero-order valence-electron chi connectivity index (χ0n) is 17.0. The van der Waals surface area contributed by atoms with Crippen molar-refractivity contribution in [1.82, 2.24) is 15.1 Å². The monoisotopic (exact) mass is 389 g/mol. The highest BCUT2D eigenvalue weighted by Gasteiger charge is 2.37. The summed E-state index contributed by atoms with van der Waals surface area (Å²) in [5.41, 5.74) is 0.511. The third kappa shape index (κ3) is 4.90. The number of benzene rings is 1. The van der Waals surface area contributed by atoms with Crippen LogP contribution in [0.5, 0.6) is 0 Å². The summed E-state index contributed by atoms with van der Waals surface area (Å²) in [5.74, 6) is 0.136. The quantitative estimate of drug-likeness (QED) is 0.814. The van der Waals surface area contributed by atoms with Crippen LogP contribution in [0.1, 0.15) is 56.3 Å². The molecule has 0 unspecified atom stereocenters. The second-order valence-corrected chi connectivity index (χ2v) is 8.14. The molecule has 1 heterocycles. The summed E-state index contributed by atoms with van der Waals surface area (Å²) in [7, 11) is 0. The van der Waals surface area contributed by atoms with E-state index in [0.717, 1.165) is 19.3 Å². The number of nitrogens with zero attached hydrogens (tertiary/aromatic N) is 2. The Morgan fingerprint density at radius 1 is 1.11 bits per heavy atom. The summed E-state index contributed by atoms with van der Waals surface area (Å²) in [4.78, 5) is 29.7. The number of piperazine rings is 1. The van der Waals surface area contributed by atoms with Gasteiger partial charge in [0.1, 0.15) is 5.82 Å². The van der Waals surface area contributed by atoms with Crippen molar-refractivity contribution in [1.29, 1.82) is 0 Å². The number of amides is 2. The van der Waals surface area contributed by atoms with Crippen molar-refractivity contribution in [3.8, 4) is 0 Å². The number of halogens is 1. The van der Waals surface area contributed by atoms with E-state index in [2.05, 4.69) is 17.1 Å². The molecule has 1 aliphatic carbocycles. The van der Waals surface area contributed by atoms with Crippen LogP contribution in [0.15, 0.2) is 24.3 Å². The smallest absolute Gasteiger partial charge is 0.253 e. The first-order valence-electron chi connectivity index (χ1n) is 10.6.